The van der Waals surface area contributed by atoms with Crippen molar-refractivity contribution in [1.29, 1.82) is 5.26 Å². The summed E-state index contributed by atoms with van der Waals surface area (Å²) in [7, 11) is 0. The highest BCUT2D eigenvalue weighted by Gasteiger charge is 2.20. The third-order valence-corrected chi connectivity index (χ3v) is 6.21. The number of nitriles is 1. The van der Waals surface area contributed by atoms with E-state index in [2.05, 4.69) is 6.07 Å². The lowest BCUT2D eigenvalue weighted by Crippen LogP contribution is -2.49. The van der Waals surface area contributed by atoms with Crippen molar-refractivity contribution in [1.82, 2.24) is 9.80 Å². The number of nitrogens with zero attached hydrogens (tertiary/aromatic N) is 3. The molecule has 1 saturated heterocycles. The van der Waals surface area contributed by atoms with Crippen molar-refractivity contribution >= 4 is 41.3 Å². The normalized spacial score (nSPS) is 14.1. The van der Waals surface area contributed by atoms with Gasteiger partial charge in [-0.2, -0.15) is 5.26 Å². The highest BCUT2D eigenvalue weighted by Crippen LogP contribution is 2.35. The molecule has 29 heavy (non-hydrogen) atoms. The number of carbonyl (C=O) groups excluding carboxylic acids is 2. The van der Waals surface area contributed by atoms with Gasteiger partial charge in [-0.05, 0) is 35.9 Å². The van der Waals surface area contributed by atoms with Crippen molar-refractivity contribution in [3.8, 4) is 6.07 Å². The van der Waals surface area contributed by atoms with Crippen LogP contribution in [-0.2, 0) is 9.59 Å². The highest BCUT2D eigenvalue weighted by atomic mass is 35.5. The molecule has 2 aromatic rings. The van der Waals surface area contributed by atoms with Gasteiger partial charge in [0.15, 0.2) is 0 Å². The molecule has 7 heteroatoms. The molecule has 0 atom stereocenters. The predicted molar refractivity (Wildman–Crippen MR) is 115 cm³/mol. The van der Waals surface area contributed by atoms with Gasteiger partial charge in [0.2, 0.25) is 11.8 Å². The topological polar surface area (TPSA) is 64.4 Å². The summed E-state index contributed by atoms with van der Waals surface area (Å²) >= 11 is 7.85. The molecule has 0 aromatic heterocycles. The molecular weight excluding hydrogens is 406 g/mol. The number of piperazine rings is 1. The minimum atomic E-state index is -0.0780. The summed E-state index contributed by atoms with van der Waals surface area (Å²) in [5.74, 6) is -0.0386. The van der Waals surface area contributed by atoms with E-state index < -0.39 is 0 Å². The van der Waals surface area contributed by atoms with Gasteiger partial charge in [-0.15, -0.1) is 0 Å². The van der Waals surface area contributed by atoms with Crippen LogP contribution in [0, 0.1) is 11.3 Å². The van der Waals surface area contributed by atoms with Gasteiger partial charge in [0, 0.05) is 49.0 Å². The molecule has 0 saturated carbocycles. The zero-order chi connectivity index (χ0) is 20.8. The summed E-state index contributed by atoms with van der Waals surface area (Å²) < 4.78 is 0. The molecule has 1 fully saturated rings. The molecule has 0 radical (unpaired) electrons. The van der Waals surface area contributed by atoms with E-state index in [0.29, 0.717) is 36.8 Å². The molecule has 1 aliphatic heterocycles. The molecule has 0 unspecified atom stereocenters. The highest BCUT2D eigenvalue weighted by molar-refractivity contribution is 7.99. The maximum absolute atomic E-state index is 12.4. The van der Waals surface area contributed by atoms with E-state index in [9.17, 15) is 14.9 Å². The van der Waals surface area contributed by atoms with E-state index in [4.69, 9.17) is 11.6 Å². The van der Waals surface area contributed by atoms with Crippen LogP contribution in [0.4, 0.5) is 0 Å². The first-order valence-corrected chi connectivity index (χ1v) is 10.4. The zero-order valence-electron chi connectivity index (χ0n) is 16.0. The molecule has 5 nitrogen and oxygen atoms in total. The fourth-order valence-corrected chi connectivity index (χ4v) is 4.19. The first kappa shape index (κ1) is 21.0. The fourth-order valence-electron chi connectivity index (χ4n) is 2.98. The standard InChI is InChI=1S/C22H20ClN3O2S/c1-16(27)25-10-12-26(13-11-25)22(28)9-7-17-6-8-21(19(23)14-17)29-20-5-3-2-4-18(20)15-24/h2-9,14H,10-13H2,1H3. The zero-order valence-corrected chi connectivity index (χ0v) is 17.5. The van der Waals surface area contributed by atoms with Crippen LogP contribution in [0.15, 0.2) is 58.3 Å². The lowest BCUT2D eigenvalue weighted by Gasteiger charge is -2.33. The van der Waals surface area contributed by atoms with E-state index >= 15 is 0 Å². The maximum Gasteiger partial charge on any atom is 0.246 e. The molecule has 0 spiro atoms. The summed E-state index contributed by atoms with van der Waals surface area (Å²) in [6.45, 7) is 3.75. The van der Waals surface area contributed by atoms with Crippen LogP contribution in [0.5, 0.6) is 0 Å². The van der Waals surface area contributed by atoms with Crippen molar-refractivity contribution in [2.75, 3.05) is 26.2 Å². The molecule has 1 heterocycles. The van der Waals surface area contributed by atoms with Crippen LogP contribution in [0.1, 0.15) is 18.1 Å². The molecule has 0 N–H and O–H groups in total. The summed E-state index contributed by atoms with van der Waals surface area (Å²) in [4.78, 5) is 28.9. The number of hydrogen-bond acceptors (Lipinski definition) is 4. The van der Waals surface area contributed by atoms with Crippen molar-refractivity contribution in [2.45, 2.75) is 16.7 Å². The van der Waals surface area contributed by atoms with Gasteiger partial charge in [-0.25, -0.2) is 0 Å². The first-order chi connectivity index (χ1) is 14.0. The molecule has 0 aliphatic carbocycles. The summed E-state index contributed by atoms with van der Waals surface area (Å²) in [6, 6.07) is 15.1. The molecule has 3 rings (SSSR count). The molecule has 2 amide bonds. The molecule has 1 aliphatic rings. The van der Waals surface area contributed by atoms with Crippen molar-refractivity contribution < 1.29 is 9.59 Å². The minimum absolute atomic E-state index is 0.0395. The van der Waals surface area contributed by atoms with Gasteiger partial charge in [0.05, 0.1) is 10.6 Å². The van der Waals surface area contributed by atoms with Gasteiger partial charge in [-0.1, -0.05) is 41.6 Å². The average Bonchev–Trinajstić information content (AvgIpc) is 2.74. The first-order valence-electron chi connectivity index (χ1n) is 9.17. The van der Waals surface area contributed by atoms with Gasteiger partial charge >= 0.3 is 0 Å². The Morgan fingerprint density at radius 1 is 1.07 bits per heavy atom. The van der Waals surface area contributed by atoms with Crippen molar-refractivity contribution in [3.63, 3.8) is 0 Å². The molecule has 148 valence electrons. The van der Waals surface area contributed by atoms with Gasteiger partial charge in [0.1, 0.15) is 6.07 Å². The van der Waals surface area contributed by atoms with Gasteiger partial charge in [0.25, 0.3) is 0 Å². The Balaban J connectivity index is 1.64. The Labute approximate surface area is 179 Å². The Morgan fingerprint density at radius 3 is 2.41 bits per heavy atom. The van der Waals surface area contributed by atoms with Crippen LogP contribution in [0.2, 0.25) is 5.02 Å². The maximum atomic E-state index is 12.4. The van der Waals surface area contributed by atoms with E-state index in [-0.39, 0.29) is 11.8 Å². The number of carbonyl (C=O) groups is 2. The summed E-state index contributed by atoms with van der Waals surface area (Å²) in [5, 5.41) is 9.78. The third-order valence-electron chi connectivity index (χ3n) is 4.64. The lowest BCUT2D eigenvalue weighted by atomic mass is 10.2. The van der Waals surface area contributed by atoms with Gasteiger partial charge < -0.3 is 9.80 Å². The second kappa shape index (κ2) is 9.64. The second-order valence-electron chi connectivity index (χ2n) is 6.56. The largest absolute Gasteiger partial charge is 0.339 e. The van der Waals surface area contributed by atoms with Crippen LogP contribution >= 0.6 is 23.4 Å². The van der Waals surface area contributed by atoms with Crippen molar-refractivity contribution in [3.05, 3.63) is 64.7 Å². The molecule has 2 aromatic carbocycles. The van der Waals surface area contributed by atoms with E-state index in [1.807, 2.05) is 30.3 Å². The molecular formula is C22H20ClN3O2S. The van der Waals surface area contributed by atoms with Crippen molar-refractivity contribution in [2.24, 2.45) is 0 Å². The smallest absolute Gasteiger partial charge is 0.246 e. The quantitative estimate of drug-likeness (QED) is 0.693. The SMILES string of the molecule is CC(=O)N1CCN(C(=O)C=Cc2ccc(Sc3ccccc3C#N)c(Cl)c2)CC1. The van der Waals surface area contributed by atoms with Crippen LogP contribution in [0.25, 0.3) is 6.08 Å². The Bertz CT molecular complexity index is 992. The monoisotopic (exact) mass is 425 g/mol. The van der Waals surface area contributed by atoms with E-state index in [0.717, 1.165) is 15.4 Å². The second-order valence-corrected chi connectivity index (χ2v) is 8.06. The lowest BCUT2D eigenvalue weighted by molar-refractivity contribution is -0.135. The molecule has 0 bridgehead atoms. The van der Waals surface area contributed by atoms with Gasteiger partial charge in [-0.3, -0.25) is 9.59 Å². The number of halogens is 1. The Morgan fingerprint density at radius 2 is 1.76 bits per heavy atom. The van der Waals surface area contributed by atoms with Crippen LogP contribution in [-0.4, -0.2) is 47.8 Å². The third kappa shape index (κ3) is 5.41. The number of rotatable bonds is 4. The predicted octanol–water partition coefficient (Wildman–Crippen LogP) is 4.07. The Hall–Kier alpha value is -2.75. The number of benzene rings is 2. The number of amides is 2. The minimum Gasteiger partial charge on any atom is -0.339 e. The number of hydrogen-bond donors (Lipinski definition) is 0. The van der Waals surface area contributed by atoms with Crippen LogP contribution in [0.3, 0.4) is 0 Å². The van der Waals surface area contributed by atoms with E-state index in [1.54, 1.807) is 34.9 Å². The van der Waals surface area contributed by atoms with E-state index in [1.165, 1.54) is 17.8 Å². The summed E-state index contributed by atoms with van der Waals surface area (Å²) in [5.41, 5.74) is 1.43. The summed E-state index contributed by atoms with van der Waals surface area (Å²) in [6.07, 6.45) is 3.27. The van der Waals surface area contributed by atoms with Crippen LogP contribution < -0.4 is 0 Å². The Kier molecular flexibility index (Phi) is 6.97. The average molecular weight is 426 g/mol. The fraction of sp³-hybridized carbons (Fsp3) is 0.227.